The summed E-state index contributed by atoms with van der Waals surface area (Å²) >= 11 is 0. The van der Waals surface area contributed by atoms with Crippen LogP contribution in [0.4, 0.5) is 0 Å². The minimum Gasteiger partial charge on any atom is -0.479 e. The highest BCUT2D eigenvalue weighted by atomic mass is 16.5. The zero-order valence-corrected chi connectivity index (χ0v) is 10.4. The van der Waals surface area contributed by atoms with Crippen molar-refractivity contribution in [2.75, 3.05) is 19.8 Å². The van der Waals surface area contributed by atoms with Crippen molar-refractivity contribution in [3.8, 4) is 0 Å². The Balaban J connectivity index is 3.37. The summed E-state index contributed by atoms with van der Waals surface area (Å²) in [5, 5.41) is 8.80. The molecule has 0 radical (unpaired) electrons. The number of carboxylic acids is 1. The average Bonchev–Trinajstić information content (AvgIpc) is 2.26. The van der Waals surface area contributed by atoms with Gasteiger partial charge in [-0.15, -0.1) is 0 Å². The molecule has 1 unspecified atom stereocenters. The van der Waals surface area contributed by atoms with Gasteiger partial charge >= 0.3 is 5.97 Å². The monoisotopic (exact) mass is 232 g/mol. The van der Waals surface area contributed by atoms with Gasteiger partial charge in [-0.05, 0) is 13.3 Å². The first-order valence-corrected chi connectivity index (χ1v) is 6.14. The van der Waals surface area contributed by atoms with Gasteiger partial charge in [0.2, 0.25) is 0 Å². The van der Waals surface area contributed by atoms with Gasteiger partial charge in [0.1, 0.15) is 0 Å². The second-order valence-electron chi connectivity index (χ2n) is 3.74. The molecule has 0 aromatic rings. The van der Waals surface area contributed by atoms with Gasteiger partial charge in [0.05, 0.1) is 0 Å². The van der Waals surface area contributed by atoms with E-state index in [1.165, 1.54) is 19.3 Å². The fourth-order valence-corrected chi connectivity index (χ4v) is 1.40. The standard InChI is InChI=1S/C12H24O4/c1-3-5-6-7-9-15-10-8-11(12(13)14)16-4-2/h11H,3-10H2,1-2H3,(H,13,14). The highest BCUT2D eigenvalue weighted by Gasteiger charge is 2.16. The van der Waals surface area contributed by atoms with Crippen LogP contribution in [0.2, 0.25) is 0 Å². The fraction of sp³-hybridized carbons (Fsp3) is 0.917. The minimum absolute atomic E-state index is 0.424. The molecule has 16 heavy (non-hydrogen) atoms. The molecule has 0 saturated carbocycles. The molecule has 1 N–H and O–H groups in total. The number of unbranched alkanes of at least 4 members (excludes halogenated alkanes) is 3. The van der Waals surface area contributed by atoms with E-state index in [2.05, 4.69) is 6.92 Å². The molecule has 0 heterocycles. The lowest BCUT2D eigenvalue weighted by Crippen LogP contribution is -2.25. The van der Waals surface area contributed by atoms with Gasteiger partial charge in [-0.3, -0.25) is 0 Å². The lowest BCUT2D eigenvalue weighted by Gasteiger charge is -2.12. The highest BCUT2D eigenvalue weighted by molar-refractivity contribution is 5.72. The van der Waals surface area contributed by atoms with Gasteiger partial charge in [-0.2, -0.15) is 0 Å². The normalized spacial score (nSPS) is 12.6. The zero-order chi connectivity index (χ0) is 12.2. The van der Waals surface area contributed by atoms with Gasteiger partial charge in [-0.25, -0.2) is 4.79 Å². The van der Waals surface area contributed by atoms with Gasteiger partial charge < -0.3 is 14.6 Å². The summed E-state index contributed by atoms with van der Waals surface area (Å²) in [5.41, 5.74) is 0. The first-order chi connectivity index (χ1) is 7.72. The number of aliphatic carboxylic acids is 1. The first kappa shape index (κ1) is 15.4. The molecule has 96 valence electrons. The zero-order valence-electron chi connectivity index (χ0n) is 10.4. The minimum atomic E-state index is -0.906. The number of carboxylic acid groups (broad SMARTS) is 1. The maximum absolute atomic E-state index is 10.7. The van der Waals surface area contributed by atoms with Crippen molar-refractivity contribution in [3.63, 3.8) is 0 Å². The SMILES string of the molecule is CCCCCCOCCC(OCC)C(=O)O. The number of hydrogen-bond donors (Lipinski definition) is 1. The van der Waals surface area contributed by atoms with Crippen LogP contribution in [0.15, 0.2) is 0 Å². The molecule has 0 aromatic heterocycles. The Morgan fingerprint density at radius 3 is 2.50 bits per heavy atom. The molecule has 0 rings (SSSR count). The van der Waals surface area contributed by atoms with Crippen LogP contribution in [-0.2, 0) is 14.3 Å². The second-order valence-corrected chi connectivity index (χ2v) is 3.74. The number of hydrogen-bond acceptors (Lipinski definition) is 3. The molecule has 4 nitrogen and oxygen atoms in total. The van der Waals surface area contributed by atoms with E-state index in [-0.39, 0.29) is 0 Å². The third-order valence-corrected chi connectivity index (χ3v) is 2.31. The van der Waals surface area contributed by atoms with Gasteiger partial charge in [0, 0.05) is 26.2 Å². The van der Waals surface area contributed by atoms with Crippen molar-refractivity contribution in [2.24, 2.45) is 0 Å². The van der Waals surface area contributed by atoms with Gasteiger partial charge in [-0.1, -0.05) is 26.2 Å². The predicted octanol–water partition coefficient (Wildman–Crippen LogP) is 2.46. The molecule has 1 atom stereocenters. The third kappa shape index (κ3) is 8.68. The van der Waals surface area contributed by atoms with Crippen LogP contribution in [0.25, 0.3) is 0 Å². The third-order valence-electron chi connectivity index (χ3n) is 2.31. The van der Waals surface area contributed by atoms with Crippen molar-refractivity contribution in [1.29, 1.82) is 0 Å². The Kier molecular flexibility index (Phi) is 10.5. The molecule has 4 heteroatoms. The Morgan fingerprint density at radius 1 is 1.19 bits per heavy atom. The lowest BCUT2D eigenvalue weighted by atomic mass is 10.2. The largest absolute Gasteiger partial charge is 0.479 e. The summed E-state index contributed by atoms with van der Waals surface area (Å²) in [6.45, 7) is 5.57. The van der Waals surface area contributed by atoms with Crippen LogP contribution in [-0.4, -0.2) is 37.0 Å². The summed E-state index contributed by atoms with van der Waals surface area (Å²) in [6.07, 6.45) is 4.40. The maximum Gasteiger partial charge on any atom is 0.332 e. The van der Waals surface area contributed by atoms with Crippen molar-refractivity contribution >= 4 is 5.97 Å². The maximum atomic E-state index is 10.7. The Labute approximate surface area is 97.9 Å². The lowest BCUT2D eigenvalue weighted by molar-refractivity contribution is -0.151. The highest BCUT2D eigenvalue weighted by Crippen LogP contribution is 2.02. The molecule has 0 amide bonds. The average molecular weight is 232 g/mol. The molecule has 0 aliphatic rings. The second kappa shape index (κ2) is 10.9. The number of carbonyl (C=O) groups is 1. The summed E-state index contributed by atoms with van der Waals surface area (Å²) in [7, 11) is 0. The molecule has 0 aliphatic carbocycles. The topological polar surface area (TPSA) is 55.8 Å². The van der Waals surface area contributed by atoms with Crippen LogP contribution in [0.1, 0.15) is 46.0 Å². The van der Waals surface area contributed by atoms with E-state index in [0.29, 0.717) is 19.6 Å². The van der Waals surface area contributed by atoms with E-state index >= 15 is 0 Å². The van der Waals surface area contributed by atoms with Crippen molar-refractivity contribution in [3.05, 3.63) is 0 Å². The van der Waals surface area contributed by atoms with Crippen LogP contribution in [0, 0.1) is 0 Å². The predicted molar refractivity (Wildman–Crippen MR) is 62.6 cm³/mol. The molecular formula is C12H24O4. The first-order valence-electron chi connectivity index (χ1n) is 6.14. The van der Waals surface area contributed by atoms with E-state index < -0.39 is 12.1 Å². The van der Waals surface area contributed by atoms with Gasteiger partial charge in [0.15, 0.2) is 6.10 Å². The summed E-state index contributed by atoms with van der Waals surface area (Å²) < 4.78 is 10.4. The Hall–Kier alpha value is -0.610. The number of ether oxygens (including phenoxy) is 2. The van der Waals surface area contributed by atoms with E-state index in [1.54, 1.807) is 6.92 Å². The Morgan fingerprint density at radius 2 is 1.94 bits per heavy atom. The molecule has 0 spiro atoms. The molecule has 0 saturated heterocycles. The van der Waals surface area contributed by atoms with Crippen molar-refractivity contribution < 1.29 is 19.4 Å². The van der Waals surface area contributed by atoms with Gasteiger partial charge in [0.25, 0.3) is 0 Å². The van der Waals surface area contributed by atoms with Crippen molar-refractivity contribution in [2.45, 2.75) is 52.1 Å². The molecular weight excluding hydrogens is 208 g/mol. The van der Waals surface area contributed by atoms with Crippen LogP contribution < -0.4 is 0 Å². The Bertz CT molecular complexity index is 170. The fourth-order valence-electron chi connectivity index (χ4n) is 1.40. The van der Waals surface area contributed by atoms with E-state index in [4.69, 9.17) is 14.6 Å². The van der Waals surface area contributed by atoms with E-state index in [0.717, 1.165) is 13.0 Å². The summed E-state index contributed by atoms with van der Waals surface area (Å²) in [6, 6.07) is 0. The van der Waals surface area contributed by atoms with E-state index in [9.17, 15) is 4.79 Å². The summed E-state index contributed by atoms with van der Waals surface area (Å²) in [4.78, 5) is 10.7. The van der Waals surface area contributed by atoms with E-state index in [1.807, 2.05) is 0 Å². The number of rotatable bonds is 11. The summed E-state index contributed by atoms with van der Waals surface area (Å²) in [5.74, 6) is -0.906. The van der Waals surface area contributed by atoms with Crippen LogP contribution >= 0.6 is 0 Å². The molecule has 0 aliphatic heterocycles. The smallest absolute Gasteiger partial charge is 0.332 e. The quantitative estimate of drug-likeness (QED) is 0.556. The molecule has 0 bridgehead atoms. The van der Waals surface area contributed by atoms with Crippen LogP contribution in [0.5, 0.6) is 0 Å². The van der Waals surface area contributed by atoms with Crippen molar-refractivity contribution in [1.82, 2.24) is 0 Å². The van der Waals surface area contributed by atoms with Crippen LogP contribution in [0.3, 0.4) is 0 Å². The molecule has 0 fully saturated rings. The molecule has 0 aromatic carbocycles.